The molecule has 1 saturated heterocycles. The Hall–Kier alpha value is -1.06. The minimum Gasteiger partial charge on any atom is -0.497 e. The van der Waals surface area contributed by atoms with Gasteiger partial charge in [-0.15, -0.1) is 0 Å². The highest BCUT2D eigenvalue weighted by Gasteiger charge is 2.15. The summed E-state index contributed by atoms with van der Waals surface area (Å²) in [6.07, 6.45) is 4.13. The lowest BCUT2D eigenvalue weighted by Gasteiger charge is -2.30. The summed E-state index contributed by atoms with van der Waals surface area (Å²) in [6.45, 7) is 8.20. The monoisotopic (exact) mass is 276 g/mol. The molecule has 0 aliphatic carbocycles. The second kappa shape index (κ2) is 7.65. The van der Waals surface area contributed by atoms with E-state index in [9.17, 15) is 0 Å². The van der Waals surface area contributed by atoms with Gasteiger partial charge in [-0.3, -0.25) is 0 Å². The van der Waals surface area contributed by atoms with E-state index in [2.05, 4.69) is 36.2 Å². The summed E-state index contributed by atoms with van der Waals surface area (Å²) in [5.41, 5.74) is 1.32. The van der Waals surface area contributed by atoms with Crippen molar-refractivity contribution in [2.45, 2.75) is 45.2 Å². The second-order valence-corrected chi connectivity index (χ2v) is 5.92. The number of benzene rings is 1. The molecule has 1 aliphatic rings. The number of nitrogens with zero attached hydrogens (tertiary/aromatic N) is 1. The zero-order chi connectivity index (χ0) is 14.4. The van der Waals surface area contributed by atoms with Crippen LogP contribution in [-0.4, -0.2) is 37.7 Å². The molecule has 112 valence electrons. The maximum atomic E-state index is 5.20. The molecule has 1 aliphatic heterocycles. The third-order valence-corrected chi connectivity index (χ3v) is 4.13. The fourth-order valence-corrected chi connectivity index (χ4v) is 3.00. The van der Waals surface area contributed by atoms with Gasteiger partial charge in [0.1, 0.15) is 5.75 Å². The maximum Gasteiger partial charge on any atom is 0.118 e. The zero-order valence-corrected chi connectivity index (χ0v) is 13.1. The van der Waals surface area contributed by atoms with Crippen LogP contribution >= 0.6 is 0 Å². The third-order valence-electron chi connectivity index (χ3n) is 4.13. The molecule has 1 N–H and O–H groups in total. The minimum absolute atomic E-state index is 0.376. The lowest BCUT2D eigenvalue weighted by molar-refractivity contribution is 0.205. The third kappa shape index (κ3) is 4.50. The van der Waals surface area contributed by atoms with E-state index in [0.717, 1.165) is 12.3 Å². The number of piperidine rings is 1. The molecule has 3 nitrogen and oxygen atoms in total. The molecular formula is C17H28N2O. The quantitative estimate of drug-likeness (QED) is 0.863. The second-order valence-electron chi connectivity index (χ2n) is 5.92. The van der Waals surface area contributed by atoms with Crippen molar-refractivity contribution >= 4 is 0 Å². The van der Waals surface area contributed by atoms with Gasteiger partial charge >= 0.3 is 0 Å². The molecule has 0 spiro atoms. The molecule has 3 heteroatoms. The Morgan fingerprint density at radius 3 is 2.35 bits per heavy atom. The molecule has 1 aromatic carbocycles. The lowest BCUT2D eigenvalue weighted by Crippen LogP contribution is -2.42. The van der Waals surface area contributed by atoms with Crippen molar-refractivity contribution in [1.29, 1.82) is 0 Å². The summed E-state index contributed by atoms with van der Waals surface area (Å²) in [5, 5.41) is 3.70. The van der Waals surface area contributed by atoms with E-state index >= 15 is 0 Å². The number of likely N-dealkylation sites (tertiary alicyclic amines) is 1. The zero-order valence-electron chi connectivity index (χ0n) is 13.1. The number of rotatable bonds is 6. The van der Waals surface area contributed by atoms with Gasteiger partial charge in [-0.05, 0) is 57.5 Å². The van der Waals surface area contributed by atoms with Gasteiger partial charge in [-0.1, -0.05) is 18.6 Å². The molecule has 0 aromatic heterocycles. The molecule has 2 rings (SSSR count). The summed E-state index contributed by atoms with van der Waals surface area (Å²) in [7, 11) is 1.71. The fourth-order valence-electron chi connectivity index (χ4n) is 3.00. The Balaban J connectivity index is 1.81. The molecule has 2 atom stereocenters. The van der Waals surface area contributed by atoms with Gasteiger partial charge in [-0.2, -0.15) is 0 Å². The van der Waals surface area contributed by atoms with E-state index in [1.54, 1.807) is 7.11 Å². The standard InChI is InChI=1S/C17H28N2O/c1-14(13-19-11-5-4-6-12-19)18-15(2)16-7-9-17(20-3)10-8-16/h7-10,14-15,18H,4-6,11-13H2,1-3H3. The maximum absolute atomic E-state index is 5.20. The van der Waals surface area contributed by atoms with Crippen LogP contribution in [0.15, 0.2) is 24.3 Å². The van der Waals surface area contributed by atoms with Crippen molar-refractivity contribution in [3.8, 4) is 5.75 Å². The van der Waals surface area contributed by atoms with Crippen LogP contribution in [0.25, 0.3) is 0 Å². The largest absolute Gasteiger partial charge is 0.497 e. The van der Waals surface area contributed by atoms with Gasteiger partial charge in [-0.25, -0.2) is 0 Å². The van der Waals surface area contributed by atoms with Crippen molar-refractivity contribution < 1.29 is 4.74 Å². The highest BCUT2D eigenvalue weighted by atomic mass is 16.5. The molecule has 1 fully saturated rings. The van der Waals surface area contributed by atoms with Crippen LogP contribution in [0.5, 0.6) is 5.75 Å². The van der Waals surface area contributed by atoms with Gasteiger partial charge in [0.2, 0.25) is 0 Å². The van der Waals surface area contributed by atoms with E-state index in [1.165, 1.54) is 37.9 Å². The number of hydrogen-bond donors (Lipinski definition) is 1. The van der Waals surface area contributed by atoms with E-state index in [-0.39, 0.29) is 0 Å². The first-order valence-electron chi connectivity index (χ1n) is 7.81. The molecule has 0 saturated carbocycles. The van der Waals surface area contributed by atoms with Crippen LogP contribution in [0.2, 0.25) is 0 Å². The van der Waals surface area contributed by atoms with E-state index < -0.39 is 0 Å². The first-order valence-corrected chi connectivity index (χ1v) is 7.81. The molecular weight excluding hydrogens is 248 g/mol. The summed E-state index contributed by atoms with van der Waals surface area (Å²) < 4.78 is 5.20. The van der Waals surface area contributed by atoms with Crippen molar-refractivity contribution in [1.82, 2.24) is 10.2 Å². The predicted molar refractivity (Wildman–Crippen MR) is 84.3 cm³/mol. The van der Waals surface area contributed by atoms with Crippen molar-refractivity contribution in [3.63, 3.8) is 0 Å². The Morgan fingerprint density at radius 1 is 1.10 bits per heavy atom. The Morgan fingerprint density at radius 2 is 1.75 bits per heavy atom. The highest BCUT2D eigenvalue weighted by Crippen LogP contribution is 2.18. The molecule has 2 unspecified atom stereocenters. The number of hydrogen-bond acceptors (Lipinski definition) is 3. The van der Waals surface area contributed by atoms with Gasteiger partial charge in [0.15, 0.2) is 0 Å². The van der Waals surface area contributed by atoms with Crippen LogP contribution < -0.4 is 10.1 Å². The topological polar surface area (TPSA) is 24.5 Å². The van der Waals surface area contributed by atoms with Crippen LogP contribution in [0.4, 0.5) is 0 Å². The van der Waals surface area contributed by atoms with Crippen molar-refractivity contribution in [3.05, 3.63) is 29.8 Å². The molecule has 0 radical (unpaired) electrons. The molecule has 0 bridgehead atoms. The number of methoxy groups -OCH3 is 1. The fraction of sp³-hybridized carbons (Fsp3) is 0.647. The summed E-state index contributed by atoms with van der Waals surface area (Å²) in [4.78, 5) is 2.59. The number of ether oxygens (including phenoxy) is 1. The van der Waals surface area contributed by atoms with Crippen LogP contribution in [0.1, 0.15) is 44.7 Å². The summed E-state index contributed by atoms with van der Waals surface area (Å²) in [5.74, 6) is 0.919. The average Bonchev–Trinajstić information content (AvgIpc) is 2.48. The van der Waals surface area contributed by atoms with Crippen molar-refractivity contribution in [2.75, 3.05) is 26.7 Å². The van der Waals surface area contributed by atoms with Crippen LogP contribution in [-0.2, 0) is 0 Å². The number of nitrogens with one attached hydrogen (secondary N) is 1. The van der Waals surface area contributed by atoms with Crippen molar-refractivity contribution in [2.24, 2.45) is 0 Å². The molecule has 20 heavy (non-hydrogen) atoms. The Bertz CT molecular complexity index is 384. The molecule has 1 heterocycles. The first kappa shape index (κ1) is 15.3. The van der Waals surface area contributed by atoms with Gasteiger partial charge in [0.25, 0.3) is 0 Å². The van der Waals surface area contributed by atoms with Crippen LogP contribution in [0, 0.1) is 0 Å². The van der Waals surface area contributed by atoms with Crippen LogP contribution in [0.3, 0.4) is 0 Å². The summed E-state index contributed by atoms with van der Waals surface area (Å²) >= 11 is 0. The smallest absolute Gasteiger partial charge is 0.118 e. The Kier molecular flexibility index (Phi) is 5.86. The normalized spacial score (nSPS) is 19.6. The van der Waals surface area contributed by atoms with Gasteiger partial charge in [0, 0.05) is 18.6 Å². The first-order chi connectivity index (χ1) is 9.69. The van der Waals surface area contributed by atoms with E-state index in [0.29, 0.717) is 12.1 Å². The lowest BCUT2D eigenvalue weighted by atomic mass is 10.1. The average molecular weight is 276 g/mol. The highest BCUT2D eigenvalue weighted by molar-refractivity contribution is 5.28. The SMILES string of the molecule is COc1ccc(C(C)NC(C)CN2CCCCC2)cc1. The molecule has 0 amide bonds. The van der Waals surface area contributed by atoms with E-state index in [1.807, 2.05) is 12.1 Å². The van der Waals surface area contributed by atoms with Gasteiger partial charge < -0.3 is 15.0 Å². The minimum atomic E-state index is 0.376. The van der Waals surface area contributed by atoms with Gasteiger partial charge in [0.05, 0.1) is 7.11 Å². The Labute approximate surface area is 123 Å². The van der Waals surface area contributed by atoms with E-state index in [4.69, 9.17) is 4.74 Å². The summed E-state index contributed by atoms with van der Waals surface area (Å²) in [6, 6.07) is 9.24. The molecule has 1 aromatic rings. The predicted octanol–water partition coefficient (Wildman–Crippen LogP) is 3.22.